The van der Waals surface area contributed by atoms with E-state index in [4.69, 9.17) is 4.74 Å². The molecule has 1 aromatic rings. The fraction of sp³-hybridized carbons (Fsp3) is 0.526. The molecule has 1 aliphatic heterocycles. The van der Waals surface area contributed by atoms with E-state index in [2.05, 4.69) is 34.8 Å². The SMILES string of the molecule is CN=C(NCCN1C(=O)CNC1=O)NC(C)c1ccc(OCC(C)C)cc1.I. The third kappa shape index (κ3) is 7.17. The average Bonchev–Trinajstić information content (AvgIpc) is 2.97. The first kappa shape index (κ1) is 24.0. The minimum Gasteiger partial charge on any atom is -0.493 e. The molecule has 156 valence electrons. The molecule has 1 heterocycles. The van der Waals surface area contributed by atoms with Crippen LogP contribution in [0.4, 0.5) is 4.79 Å². The Hall–Kier alpha value is -2.04. The number of guanidine groups is 1. The Bertz CT molecular complexity index is 663. The number of rotatable bonds is 8. The molecule has 0 saturated carbocycles. The zero-order valence-corrected chi connectivity index (χ0v) is 19.2. The van der Waals surface area contributed by atoms with E-state index in [0.717, 1.165) is 11.3 Å². The number of benzene rings is 1. The van der Waals surface area contributed by atoms with Gasteiger partial charge in [-0.2, -0.15) is 0 Å². The van der Waals surface area contributed by atoms with Crippen molar-refractivity contribution in [2.75, 3.05) is 33.3 Å². The summed E-state index contributed by atoms with van der Waals surface area (Å²) in [5.74, 6) is 1.74. The Kier molecular flexibility index (Phi) is 10.0. The van der Waals surface area contributed by atoms with Crippen molar-refractivity contribution in [2.45, 2.75) is 26.8 Å². The van der Waals surface area contributed by atoms with Gasteiger partial charge >= 0.3 is 6.03 Å². The lowest BCUT2D eigenvalue weighted by atomic mass is 10.1. The number of carbonyl (C=O) groups excluding carboxylic acids is 2. The van der Waals surface area contributed by atoms with Gasteiger partial charge in [0.2, 0.25) is 5.91 Å². The van der Waals surface area contributed by atoms with Crippen molar-refractivity contribution in [3.8, 4) is 5.75 Å². The van der Waals surface area contributed by atoms with Crippen molar-refractivity contribution in [1.29, 1.82) is 0 Å². The van der Waals surface area contributed by atoms with Gasteiger partial charge in [0.15, 0.2) is 5.96 Å². The molecule has 0 bridgehead atoms. The summed E-state index contributed by atoms with van der Waals surface area (Å²) in [5.41, 5.74) is 1.10. The number of amides is 3. The zero-order valence-electron chi connectivity index (χ0n) is 16.8. The molecule has 1 saturated heterocycles. The van der Waals surface area contributed by atoms with Crippen LogP contribution in [0.1, 0.15) is 32.4 Å². The Morgan fingerprint density at radius 2 is 1.93 bits per heavy atom. The Morgan fingerprint density at radius 3 is 2.46 bits per heavy atom. The first-order chi connectivity index (χ1) is 12.9. The van der Waals surface area contributed by atoms with E-state index in [1.807, 2.05) is 31.2 Å². The van der Waals surface area contributed by atoms with E-state index < -0.39 is 0 Å². The van der Waals surface area contributed by atoms with Crippen molar-refractivity contribution in [3.63, 3.8) is 0 Å². The summed E-state index contributed by atoms with van der Waals surface area (Å²) in [5, 5.41) is 8.92. The lowest BCUT2D eigenvalue weighted by Crippen LogP contribution is -2.43. The molecule has 0 aromatic heterocycles. The first-order valence-corrected chi connectivity index (χ1v) is 9.18. The third-order valence-electron chi connectivity index (χ3n) is 4.11. The second-order valence-corrected chi connectivity index (χ2v) is 6.84. The second kappa shape index (κ2) is 11.7. The van der Waals surface area contributed by atoms with Gasteiger partial charge in [-0.3, -0.25) is 14.7 Å². The minimum absolute atomic E-state index is 0. The van der Waals surface area contributed by atoms with Crippen LogP contribution < -0.4 is 20.7 Å². The number of carbonyl (C=O) groups is 2. The van der Waals surface area contributed by atoms with Gasteiger partial charge in [-0.15, -0.1) is 24.0 Å². The number of nitrogens with zero attached hydrogens (tertiary/aromatic N) is 2. The van der Waals surface area contributed by atoms with Crippen LogP contribution in [0.2, 0.25) is 0 Å². The predicted molar refractivity (Wildman–Crippen MR) is 120 cm³/mol. The van der Waals surface area contributed by atoms with E-state index in [-0.39, 0.29) is 48.5 Å². The molecule has 1 fully saturated rings. The molecular weight excluding hydrogens is 473 g/mol. The quantitative estimate of drug-likeness (QED) is 0.219. The molecule has 1 atom stereocenters. The number of hydrogen-bond acceptors (Lipinski definition) is 4. The number of ether oxygens (including phenoxy) is 1. The summed E-state index contributed by atoms with van der Waals surface area (Å²) < 4.78 is 5.70. The predicted octanol–water partition coefficient (Wildman–Crippen LogP) is 2.12. The van der Waals surface area contributed by atoms with E-state index in [1.165, 1.54) is 4.90 Å². The molecular formula is C19H30IN5O3. The maximum atomic E-state index is 11.6. The van der Waals surface area contributed by atoms with Crippen LogP contribution in [0.25, 0.3) is 0 Å². The van der Waals surface area contributed by atoms with Gasteiger partial charge in [-0.05, 0) is 30.5 Å². The van der Waals surface area contributed by atoms with Crippen LogP contribution in [0.3, 0.4) is 0 Å². The van der Waals surface area contributed by atoms with E-state index >= 15 is 0 Å². The Labute approximate surface area is 183 Å². The van der Waals surface area contributed by atoms with Crippen molar-refractivity contribution >= 4 is 41.9 Å². The van der Waals surface area contributed by atoms with Crippen LogP contribution in [0, 0.1) is 5.92 Å². The molecule has 28 heavy (non-hydrogen) atoms. The van der Waals surface area contributed by atoms with Crippen LogP contribution in [-0.2, 0) is 4.79 Å². The number of halogens is 1. The first-order valence-electron chi connectivity index (χ1n) is 9.18. The summed E-state index contributed by atoms with van der Waals surface area (Å²) in [6.45, 7) is 7.75. The number of hydrogen-bond donors (Lipinski definition) is 3. The van der Waals surface area contributed by atoms with Gasteiger partial charge in [-0.1, -0.05) is 26.0 Å². The van der Waals surface area contributed by atoms with Crippen LogP contribution in [0.5, 0.6) is 5.75 Å². The molecule has 9 heteroatoms. The highest BCUT2D eigenvalue weighted by atomic mass is 127. The molecule has 1 aromatic carbocycles. The lowest BCUT2D eigenvalue weighted by Gasteiger charge is -2.20. The lowest BCUT2D eigenvalue weighted by molar-refractivity contribution is -0.124. The highest BCUT2D eigenvalue weighted by Gasteiger charge is 2.27. The number of urea groups is 1. The van der Waals surface area contributed by atoms with E-state index in [9.17, 15) is 9.59 Å². The summed E-state index contributed by atoms with van der Waals surface area (Å²) in [4.78, 5) is 28.5. The zero-order chi connectivity index (χ0) is 19.8. The summed E-state index contributed by atoms with van der Waals surface area (Å²) in [6, 6.07) is 7.65. The van der Waals surface area contributed by atoms with Gasteiger partial charge in [0, 0.05) is 20.1 Å². The third-order valence-corrected chi connectivity index (χ3v) is 4.11. The number of aliphatic imine (C=N–C) groups is 1. The molecule has 1 aliphatic rings. The monoisotopic (exact) mass is 503 g/mol. The molecule has 0 spiro atoms. The highest BCUT2D eigenvalue weighted by molar-refractivity contribution is 14.0. The Balaban J connectivity index is 0.00000392. The highest BCUT2D eigenvalue weighted by Crippen LogP contribution is 2.18. The summed E-state index contributed by atoms with van der Waals surface area (Å²) in [7, 11) is 1.68. The van der Waals surface area contributed by atoms with Crippen LogP contribution >= 0.6 is 24.0 Å². The molecule has 8 nitrogen and oxygen atoms in total. The van der Waals surface area contributed by atoms with Crippen molar-refractivity contribution in [2.24, 2.45) is 10.9 Å². The molecule has 3 N–H and O–H groups in total. The molecule has 1 unspecified atom stereocenters. The van der Waals surface area contributed by atoms with Crippen LogP contribution in [-0.4, -0.2) is 56.1 Å². The Morgan fingerprint density at radius 1 is 1.25 bits per heavy atom. The summed E-state index contributed by atoms with van der Waals surface area (Å²) >= 11 is 0. The molecule has 0 radical (unpaired) electrons. The van der Waals surface area contributed by atoms with E-state index in [1.54, 1.807) is 7.05 Å². The maximum absolute atomic E-state index is 11.6. The van der Waals surface area contributed by atoms with Gasteiger partial charge < -0.3 is 20.7 Å². The average molecular weight is 503 g/mol. The number of nitrogens with one attached hydrogen (secondary N) is 3. The van der Waals surface area contributed by atoms with E-state index in [0.29, 0.717) is 31.6 Å². The standard InChI is InChI=1S/C19H29N5O3.HI/c1-13(2)12-27-16-7-5-15(6-8-16)14(3)23-18(20-4)21-9-10-24-17(25)11-22-19(24)26;/h5-8,13-14H,9-12H2,1-4H3,(H,22,26)(H2,20,21,23);1H. The van der Waals surface area contributed by atoms with Gasteiger partial charge in [0.1, 0.15) is 5.75 Å². The van der Waals surface area contributed by atoms with Gasteiger partial charge in [-0.25, -0.2) is 4.79 Å². The van der Waals surface area contributed by atoms with Crippen molar-refractivity contribution < 1.29 is 14.3 Å². The molecule has 2 rings (SSSR count). The number of imide groups is 1. The van der Waals surface area contributed by atoms with Crippen molar-refractivity contribution in [3.05, 3.63) is 29.8 Å². The van der Waals surface area contributed by atoms with Crippen molar-refractivity contribution in [1.82, 2.24) is 20.9 Å². The smallest absolute Gasteiger partial charge is 0.324 e. The van der Waals surface area contributed by atoms with Crippen LogP contribution in [0.15, 0.2) is 29.3 Å². The largest absolute Gasteiger partial charge is 0.493 e. The minimum atomic E-state index is -0.349. The van der Waals surface area contributed by atoms with Gasteiger partial charge in [0.25, 0.3) is 0 Å². The topological polar surface area (TPSA) is 95.1 Å². The molecule has 0 aliphatic carbocycles. The maximum Gasteiger partial charge on any atom is 0.324 e. The summed E-state index contributed by atoms with van der Waals surface area (Å²) in [6.07, 6.45) is 0. The second-order valence-electron chi connectivity index (χ2n) is 6.84. The fourth-order valence-corrected chi connectivity index (χ4v) is 2.57. The molecule has 3 amide bonds. The normalized spacial score (nSPS) is 15.2. The van der Waals surface area contributed by atoms with Gasteiger partial charge in [0.05, 0.1) is 19.2 Å². The fourth-order valence-electron chi connectivity index (χ4n) is 2.57.